The fourth-order valence-electron chi connectivity index (χ4n) is 0.768. The number of halogens is 2. The molecule has 0 aliphatic carbocycles. The van der Waals surface area contributed by atoms with Crippen molar-refractivity contribution in [3.63, 3.8) is 0 Å². The molecule has 0 spiro atoms. The maximum Gasteiger partial charge on any atom is 0.250 e. The molecule has 0 N–H and O–H groups in total. The van der Waals surface area contributed by atoms with Gasteiger partial charge in [-0.15, -0.1) is 0 Å². The van der Waals surface area contributed by atoms with Crippen LogP contribution in [0.2, 0.25) is 0 Å². The molecule has 11 heavy (non-hydrogen) atoms. The Balaban J connectivity index is 3.03. The molecule has 1 aromatic heterocycles. The van der Waals surface area contributed by atoms with Crippen LogP contribution in [0.3, 0.4) is 0 Å². The van der Waals surface area contributed by atoms with Crippen LogP contribution in [-0.4, -0.2) is 11.2 Å². The summed E-state index contributed by atoms with van der Waals surface area (Å²) >= 11 is 3.18. The number of aryl methyl sites for hydroxylation is 1. The highest BCUT2D eigenvalue weighted by Crippen LogP contribution is 2.04. The summed E-state index contributed by atoms with van der Waals surface area (Å²) < 4.78 is 13.9. The van der Waals surface area contributed by atoms with Crippen molar-refractivity contribution in [1.29, 1.82) is 0 Å². The molecule has 1 heterocycles. The number of pyridine rings is 1. The first kappa shape index (κ1) is 8.46. The largest absolute Gasteiger partial charge is 0.312 e. The number of hydrogen-bond donors (Lipinski definition) is 0. The summed E-state index contributed by atoms with van der Waals surface area (Å²) in [5.74, 6) is 0. The molecule has 0 amide bonds. The molecule has 0 aliphatic heterocycles. The van der Waals surface area contributed by atoms with E-state index in [4.69, 9.17) is 0 Å². The van der Waals surface area contributed by atoms with Gasteiger partial charge in [0, 0.05) is 16.7 Å². The van der Waals surface area contributed by atoms with Crippen molar-refractivity contribution in [3.05, 3.63) is 33.2 Å². The minimum Gasteiger partial charge on any atom is -0.312 e. The van der Waals surface area contributed by atoms with E-state index in [9.17, 15) is 9.18 Å². The molecule has 2 nitrogen and oxygen atoms in total. The minimum absolute atomic E-state index is 0.123. The smallest absolute Gasteiger partial charge is 0.250 e. The van der Waals surface area contributed by atoms with Gasteiger partial charge < -0.3 is 4.57 Å². The number of hydrogen-bond acceptors (Lipinski definition) is 1. The maximum atomic E-state index is 11.8. The highest BCUT2D eigenvalue weighted by atomic mass is 79.9. The first-order valence-electron chi connectivity index (χ1n) is 3.16. The summed E-state index contributed by atoms with van der Waals surface area (Å²) in [5, 5.41) is 0. The maximum absolute atomic E-state index is 11.8. The van der Waals surface area contributed by atoms with Crippen LogP contribution in [0.5, 0.6) is 0 Å². The molecule has 0 bridgehead atoms. The van der Waals surface area contributed by atoms with E-state index in [1.54, 1.807) is 12.3 Å². The Morgan fingerprint density at radius 2 is 2.27 bits per heavy atom. The average Bonchev–Trinajstić information content (AvgIpc) is 1.98. The first-order chi connectivity index (χ1) is 5.24. The van der Waals surface area contributed by atoms with E-state index in [2.05, 4.69) is 15.9 Å². The van der Waals surface area contributed by atoms with Gasteiger partial charge in [0.05, 0.1) is 6.54 Å². The van der Waals surface area contributed by atoms with Crippen LogP contribution in [0.4, 0.5) is 4.39 Å². The molecule has 0 aliphatic rings. The first-order valence-corrected chi connectivity index (χ1v) is 3.95. The molecule has 4 heteroatoms. The van der Waals surface area contributed by atoms with Crippen LogP contribution in [0, 0.1) is 0 Å². The van der Waals surface area contributed by atoms with Crippen molar-refractivity contribution in [2.24, 2.45) is 0 Å². The van der Waals surface area contributed by atoms with Crippen LogP contribution < -0.4 is 5.56 Å². The van der Waals surface area contributed by atoms with Gasteiger partial charge >= 0.3 is 0 Å². The fraction of sp³-hybridized carbons (Fsp3) is 0.286. The van der Waals surface area contributed by atoms with Gasteiger partial charge in [-0.1, -0.05) is 0 Å². The number of rotatable bonds is 2. The van der Waals surface area contributed by atoms with Crippen molar-refractivity contribution in [3.8, 4) is 0 Å². The zero-order valence-corrected chi connectivity index (χ0v) is 7.34. The van der Waals surface area contributed by atoms with Crippen molar-refractivity contribution in [2.75, 3.05) is 6.67 Å². The van der Waals surface area contributed by atoms with Crippen molar-refractivity contribution in [1.82, 2.24) is 4.57 Å². The zero-order valence-electron chi connectivity index (χ0n) is 5.76. The lowest BCUT2D eigenvalue weighted by atomic mass is 10.5. The van der Waals surface area contributed by atoms with E-state index in [-0.39, 0.29) is 12.1 Å². The predicted octanol–water partition coefficient (Wildman–Crippen LogP) is 1.58. The fourth-order valence-corrected chi connectivity index (χ4v) is 1.15. The van der Waals surface area contributed by atoms with Crippen LogP contribution in [-0.2, 0) is 6.54 Å². The van der Waals surface area contributed by atoms with E-state index in [1.165, 1.54) is 10.6 Å². The number of aromatic nitrogens is 1. The zero-order chi connectivity index (χ0) is 8.27. The molecule has 1 rings (SSSR count). The molecular formula is C7H7BrFNO. The van der Waals surface area contributed by atoms with Gasteiger partial charge in [-0.25, -0.2) is 4.39 Å². The van der Waals surface area contributed by atoms with Crippen molar-refractivity contribution in [2.45, 2.75) is 6.54 Å². The lowest BCUT2D eigenvalue weighted by Crippen LogP contribution is -2.18. The van der Waals surface area contributed by atoms with Gasteiger partial charge in [-0.05, 0) is 22.0 Å². The highest BCUT2D eigenvalue weighted by molar-refractivity contribution is 9.10. The lowest BCUT2D eigenvalue weighted by molar-refractivity contribution is 0.440. The predicted molar refractivity (Wildman–Crippen MR) is 44.4 cm³/mol. The molecule has 0 atom stereocenters. The standard InChI is InChI=1S/C7H7BrFNO/c8-6-1-2-7(11)10(5-6)4-3-9/h1-2,5H,3-4H2. The molecule has 0 fully saturated rings. The third-order valence-corrected chi connectivity index (χ3v) is 1.74. The van der Waals surface area contributed by atoms with Crippen LogP contribution in [0.1, 0.15) is 0 Å². The molecular weight excluding hydrogens is 213 g/mol. The molecule has 60 valence electrons. The molecule has 0 aromatic carbocycles. The molecule has 1 aromatic rings. The van der Waals surface area contributed by atoms with Gasteiger partial charge in [-0.3, -0.25) is 4.79 Å². The second kappa shape index (κ2) is 3.67. The Kier molecular flexibility index (Phi) is 2.82. The summed E-state index contributed by atoms with van der Waals surface area (Å²) in [5.41, 5.74) is -0.175. The lowest BCUT2D eigenvalue weighted by Gasteiger charge is -2.00. The monoisotopic (exact) mass is 219 g/mol. The van der Waals surface area contributed by atoms with Crippen molar-refractivity contribution < 1.29 is 4.39 Å². The summed E-state index contributed by atoms with van der Waals surface area (Å²) in [4.78, 5) is 10.9. The van der Waals surface area contributed by atoms with Gasteiger partial charge in [0.15, 0.2) is 0 Å². The van der Waals surface area contributed by atoms with Crippen LogP contribution >= 0.6 is 15.9 Å². The van der Waals surface area contributed by atoms with E-state index in [1.807, 2.05) is 0 Å². The number of nitrogens with zero attached hydrogens (tertiary/aromatic N) is 1. The molecule has 0 saturated heterocycles. The average molecular weight is 220 g/mol. The van der Waals surface area contributed by atoms with Crippen LogP contribution in [0.25, 0.3) is 0 Å². The second-order valence-electron chi connectivity index (χ2n) is 2.07. The molecule has 0 radical (unpaired) electrons. The molecule has 0 saturated carbocycles. The third kappa shape index (κ3) is 2.15. The van der Waals surface area contributed by atoms with Gasteiger partial charge in [0.2, 0.25) is 0 Å². The SMILES string of the molecule is O=c1ccc(Br)cn1CCF. The Morgan fingerprint density at radius 1 is 1.55 bits per heavy atom. The highest BCUT2D eigenvalue weighted by Gasteiger charge is 1.94. The Morgan fingerprint density at radius 3 is 2.91 bits per heavy atom. The van der Waals surface area contributed by atoms with Crippen molar-refractivity contribution >= 4 is 15.9 Å². The van der Waals surface area contributed by atoms with E-state index < -0.39 is 6.67 Å². The summed E-state index contributed by atoms with van der Waals surface area (Å²) in [6, 6.07) is 3.04. The van der Waals surface area contributed by atoms with Crippen LogP contribution in [0.15, 0.2) is 27.6 Å². The normalized spacial score (nSPS) is 10.0. The van der Waals surface area contributed by atoms with E-state index in [0.29, 0.717) is 0 Å². The Bertz CT molecular complexity index is 297. The van der Waals surface area contributed by atoms with E-state index in [0.717, 1.165) is 4.47 Å². The summed E-state index contributed by atoms with van der Waals surface area (Å²) in [6.07, 6.45) is 1.57. The quantitative estimate of drug-likeness (QED) is 0.741. The van der Waals surface area contributed by atoms with Gasteiger partial charge in [0.1, 0.15) is 6.67 Å². The Labute approximate surface area is 71.8 Å². The summed E-state index contributed by atoms with van der Waals surface area (Å²) in [7, 11) is 0. The summed E-state index contributed by atoms with van der Waals surface area (Å²) in [6.45, 7) is -0.394. The topological polar surface area (TPSA) is 22.0 Å². The Hall–Kier alpha value is -0.640. The second-order valence-corrected chi connectivity index (χ2v) is 2.98. The third-order valence-electron chi connectivity index (χ3n) is 1.27. The minimum atomic E-state index is -0.518. The number of alkyl halides is 1. The van der Waals surface area contributed by atoms with Gasteiger partial charge in [-0.2, -0.15) is 0 Å². The molecule has 0 unspecified atom stereocenters. The van der Waals surface area contributed by atoms with E-state index >= 15 is 0 Å². The van der Waals surface area contributed by atoms with Gasteiger partial charge in [0.25, 0.3) is 5.56 Å².